The van der Waals surface area contributed by atoms with Crippen molar-refractivity contribution >= 4 is 27.3 Å². The number of aliphatic hydroxyl groups is 1. The van der Waals surface area contributed by atoms with Crippen molar-refractivity contribution in [2.45, 2.75) is 56.8 Å². The average molecular weight is 590 g/mol. The lowest BCUT2D eigenvalue weighted by Crippen LogP contribution is -2.51. The third-order valence-corrected chi connectivity index (χ3v) is 8.19. The molecule has 1 unspecified atom stereocenters. The van der Waals surface area contributed by atoms with Crippen LogP contribution in [0.4, 0.5) is 24.5 Å². The van der Waals surface area contributed by atoms with Crippen molar-refractivity contribution in [3.8, 4) is 11.1 Å². The van der Waals surface area contributed by atoms with Gasteiger partial charge in [-0.2, -0.15) is 13.2 Å². The van der Waals surface area contributed by atoms with Gasteiger partial charge in [0.05, 0.1) is 11.8 Å². The third kappa shape index (κ3) is 7.87. The molecule has 41 heavy (non-hydrogen) atoms. The molecular weight excluding hydrogens is 555 g/mol. The van der Waals surface area contributed by atoms with Gasteiger partial charge in [0, 0.05) is 24.3 Å². The summed E-state index contributed by atoms with van der Waals surface area (Å²) in [4.78, 5) is 13.6. The smallest absolute Gasteiger partial charge is 0.398 e. The van der Waals surface area contributed by atoms with Gasteiger partial charge in [-0.15, -0.1) is 0 Å². The highest BCUT2D eigenvalue weighted by Gasteiger charge is 2.44. The number of sulfonamides is 1. The molecule has 11 heteroatoms. The quantitative estimate of drug-likeness (QED) is 0.246. The largest absolute Gasteiger partial charge is 0.418 e. The van der Waals surface area contributed by atoms with Crippen molar-refractivity contribution in [1.29, 1.82) is 0 Å². The predicted molar refractivity (Wildman–Crippen MR) is 153 cm³/mol. The molecule has 0 spiro atoms. The van der Waals surface area contributed by atoms with Crippen LogP contribution in [0.1, 0.15) is 48.8 Å². The fourth-order valence-electron chi connectivity index (χ4n) is 5.31. The number of alkyl halides is 3. The van der Waals surface area contributed by atoms with E-state index in [2.05, 4.69) is 10.0 Å². The van der Waals surface area contributed by atoms with Gasteiger partial charge in [-0.1, -0.05) is 67.8 Å². The van der Waals surface area contributed by atoms with Crippen molar-refractivity contribution in [3.63, 3.8) is 0 Å². The minimum Gasteiger partial charge on any atom is -0.398 e. The standard InChI is InChI=1S/C30H34F3N3O4S/c1-41(39,40)35-19-20-10-12-22(13-11-20)23-7-5-6-21(16-23)18-29(38,24-8-3-2-4-9-24)28(37)36-25-14-15-27(34)26(17-25)30(31,32)33/h5-7,10-17,24,35,38H,2-4,8-9,18-19,34H2,1H3,(H,36,37). The van der Waals surface area contributed by atoms with Gasteiger partial charge in [0.1, 0.15) is 5.60 Å². The van der Waals surface area contributed by atoms with Crippen LogP contribution in [0.3, 0.4) is 0 Å². The number of carbonyl (C=O) groups excluding carboxylic acids is 1. The normalized spacial score (nSPS) is 16.2. The Bertz CT molecular complexity index is 1490. The molecule has 0 bridgehead atoms. The van der Waals surface area contributed by atoms with E-state index in [4.69, 9.17) is 5.73 Å². The molecule has 1 atom stereocenters. The first-order valence-electron chi connectivity index (χ1n) is 13.4. The Morgan fingerprint density at radius 2 is 1.63 bits per heavy atom. The number of amides is 1. The van der Waals surface area contributed by atoms with E-state index in [1.165, 1.54) is 6.07 Å². The van der Waals surface area contributed by atoms with Gasteiger partial charge in [-0.05, 0) is 59.2 Å². The molecule has 3 aromatic rings. The lowest BCUT2D eigenvalue weighted by Gasteiger charge is -2.37. The van der Waals surface area contributed by atoms with Gasteiger partial charge in [-0.25, -0.2) is 13.1 Å². The maximum Gasteiger partial charge on any atom is 0.418 e. The minimum absolute atomic E-state index is 0.0190. The fraction of sp³-hybridized carbons (Fsp3) is 0.367. The second kappa shape index (κ2) is 12.2. The molecule has 0 aromatic heterocycles. The van der Waals surface area contributed by atoms with Crippen molar-refractivity contribution in [3.05, 3.63) is 83.4 Å². The summed E-state index contributed by atoms with van der Waals surface area (Å²) in [5, 5.41) is 14.4. The summed E-state index contributed by atoms with van der Waals surface area (Å²) in [6, 6.07) is 17.9. The van der Waals surface area contributed by atoms with Crippen LogP contribution in [0.5, 0.6) is 0 Å². The fourth-order valence-corrected chi connectivity index (χ4v) is 5.74. The Hall–Kier alpha value is -3.41. The van der Waals surface area contributed by atoms with Crippen LogP contribution < -0.4 is 15.8 Å². The molecule has 5 N–H and O–H groups in total. The Kier molecular flexibility index (Phi) is 9.10. The van der Waals surface area contributed by atoms with Crippen molar-refractivity contribution < 1.29 is 31.5 Å². The van der Waals surface area contributed by atoms with Gasteiger partial charge in [-0.3, -0.25) is 4.79 Å². The van der Waals surface area contributed by atoms with E-state index in [9.17, 15) is 31.5 Å². The molecule has 0 saturated heterocycles. The molecule has 7 nitrogen and oxygen atoms in total. The zero-order chi connectivity index (χ0) is 29.8. The third-order valence-electron chi connectivity index (χ3n) is 7.52. The van der Waals surface area contributed by atoms with E-state index in [0.29, 0.717) is 18.4 Å². The lowest BCUT2D eigenvalue weighted by atomic mass is 9.73. The summed E-state index contributed by atoms with van der Waals surface area (Å²) in [6.45, 7) is 0.168. The van der Waals surface area contributed by atoms with E-state index in [1.807, 2.05) is 42.5 Å². The Labute approximate surface area is 238 Å². The number of nitrogen functional groups attached to an aromatic ring is 1. The number of hydrogen-bond donors (Lipinski definition) is 4. The molecule has 1 fully saturated rings. The van der Waals surface area contributed by atoms with E-state index in [-0.39, 0.29) is 24.6 Å². The van der Waals surface area contributed by atoms with Crippen LogP contribution in [0, 0.1) is 5.92 Å². The van der Waals surface area contributed by atoms with E-state index < -0.39 is 39.0 Å². The first kappa shape index (κ1) is 30.5. The van der Waals surface area contributed by atoms with Crippen LogP contribution in [-0.4, -0.2) is 31.3 Å². The van der Waals surface area contributed by atoms with Crippen LogP contribution in [0.25, 0.3) is 11.1 Å². The Morgan fingerprint density at radius 3 is 2.27 bits per heavy atom. The summed E-state index contributed by atoms with van der Waals surface area (Å²) >= 11 is 0. The number of anilines is 2. The van der Waals surface area contributed by atoms with E-state index in [0.717, 1.165) is 54.3 Å². The molecule has 0 heterocycles. The molecule has 1 aliphatic rings. The Morgan fingerprint density at radius 1 is 0.951 bits per heavy atom. The zero-order valence-electron chi connectivity index (χ0n) is 22.7. The SMILES string of the molecule is CS(=O)(=O)NCc1ccc(-c2cccc(CC(O)(C(=O)Nc3ccc(N)c(C(F)(F)F)c3)C3CCCCC3)c2)cc1. The topological polar surface area (TPSA) is 122 Å². The molecule has 0 radical (unpaired) electrons. The number of carbonyl (C=O) groups is 1. The second-order valence-electron chi connectivity index (χ2n) is 10.7. The molecule has 3 aromatic carbocycles. The monoisotopic (exact) mass is 589 g/mol. The molecule has 1 aliphatic carbocycles. The average Bonchev–Trinajstić information content (AvgIpc) is 2.93. The number of rotatable bonds is 9. The number of hydrogen-bond acceptors (Lipinski definition) is 5. The first-order valence-corrected chi connectivity index (χ1v) is 15.3. The van der Waals surface area contributed by atoms with Crippen LogP contribution >= 0.6 is 0 Å². The highest BCUT2D eigenvalue weighted by Crippen LogP contribution is 2.38. The number of nitrogens with two attached hydrogens (primary N) is 1. The van der Waals surface area contributed by atoms with Crippen LogP contribution in [-0.2, 0) is 34.0 Å². The molecular formula is C30H34F3N3O4S. The molecule has 1 saturated carbocycles. The van der Waals surface area contributed by atoms with E-state index >= 15 is 0 Å². The first-order chi connectivity index (χ1) is 19.2. The number of halogens is 3. The Balaban J connectivity index is 1.58. The van der Waals surface area contributed by atoms with Crippen molar-refractivity contribution in [2.24, 2.45) is 5.92 Å². The molecule has 0 aliphatic heterocycles. The summed E-state index contributed by atoms with van der Waals surface area (Å²) in [7, 11) is -3.32. The van der Waals surface area contributed by atoms with Gasteiger partial charge in [0.15, 0.2) is 0 Å². The van der Waals surface area contributed by atoms with Crippen LogP contribution in [0.2, 0.25) is 0 Å². The van der Waals surface area contributed by atoms with Gasteiger partial charge in [0.2, 0.25) is 10.0 Å². The van der Waals surface area contributed by atoms with E-state index in [1.54, 1.807) is 6.07 Å². The summed E-state index contributed by atoms with van der Waals surface area (Å²) in [6.07, 6.45) is 0.331. The van der Waals surface area contributed by atoms with Gasteiger partial charge in [0.25, 0.3) is 5.91 Å². The molecule has 220 valence electrons. The molecule has 1 amide bonds. The second-order valence-corrected chi connectivity index (χ2v) is 12.5. The van der Waals surface area contributed by atoms with Crippen LogP contribution in [0.15, 0.2) is 66.7 Å². The summed E-state index contributed by atoms with van der Waals surface area (Å²) in [5.41, 5.74) is 5.25. The number of benzene rings is 3. The highest BCUT2D eigenvalue weighted by atomic mass is 32.2. The summed E-state index contributed by atoms with van der Waals surface area (Å²) < 4.78 is 65.4. The summed E-state index contributed by atoms with van der Waals surface area (Å²) in [5.74, 6) is -1.12. The highest BCUT2D eigenvalue weighted by molar-refractivity contribution is 7.88. The lowest BCUT2D eigenvalue weighted by molar-refractivity contribution is -0.142. The number of nitrogens with one attached hydrogen (secondary N) is 2. The molecule has 4 rings (SSSR count). The minimum atomic E-state index is -4.69. The predicted octanol–water partition coefficient (Wildman–Crippen LogP) is 5.50. The van der Waals surface area contributed by atoms with Crippen molar-refractivity contribution in [2.75, 3.05) is 17.3 Å². The van der Waals surface area contributed by atoms with Gasteiger partial charge < -0.3 is 16.2 Å². The maximum absolute atomic E-state index is 13.6. The zero-order valence-corrected chi connectivity index (χ0v) is 23.5. The van der Waals surface area contributed by atoms with Gasteiger partial charge >= 0.3 is 6.18 Å². The maximum atomic E-state index is 13.6. The van der Waals surface area contributed by atoms with Crippen molar-refractivity contribution in [1.82, 2.24) is 4.72 Å².